The summed E-state index contributed by atoms with van der Waals surface area (Å²) in [6.07, 6.45) is 0. The fourth-order valence-corrected chi connectivity index (χ4v) is 3.26. The Hall–Kier alpha value is -2.89. The highest BCUT2D eigenvalue weighted by molar-refractivity contribution is 5.94. The van der Waals surface area contributed by atoms with Crippen LogP contribution in [-0.2, 0) is 0 Å². The summed E-state index contributed by atoms with van der Waals surface area (Å²) in [6.45, 7) is 7.56. The quantitative estimate of drug-likeness (QED) is 0.859. The second-order valence-corrected chi connectivity index (χ2v) is 6.29. The van der Waals surface area contributed by atoms with Crippen LogP contribution in [0.15, 0.2) is 41.6 Å². The average Bonchev–Trinajstić information content (AvgIpc) is 2.63. The monoisotopic (exact) mass is 339 g/mol. The Labute approximate surface area is 146 Å². The van der Waals surface area contributed by atoms with Gasteiger partial charge in [0, 0.05) is 37.6 Å². The van der Waals surface area contributed by atoms with Gasteiger partial charge in [0.1, 0.15) is 5.69 Å². The van der Waals surface area contributed by atoms with E-state index in [0.717, 1.165) is 31.9 Å². The normalized spacial score (nSPS) is 14.5. The van der Waals surface area contributed by atoms with Gasteiger partial charge in [0.05, 0.1) is 5.56 Å². The predicted molar refractivity (Wildman–Crippen MR) is 99.2 cm³/mol. The second-order valence-electron chi connectivity index (χ2n) is 6.29. The summed E-state index contributed by atoms with van der Waals surface area (Å²) in [5.74, 6) is -1.13. The molecule has 1 saturated heterocycles. The van der Waals surface area contributed by atoms with Crippen molar-refractivity contribution in [2.45, 2.75) is 13.8 Å². The molecular weight excluding hydrogens is 318 g/mol. The Morgan fingerprint density at radius 2 is 1.72 bits per heavy atom. The van der Waals surface area contributed by atoms with Gasteiger partial charge in [0.15, 0.2) is 0 Å². The van der Waals surface area contributed by atoms with Gasteiger partial charge in [0.25, 0.3) is 0 Å². The predicted octanol–water partition coefficient (Wildman–Crippen LogP) is 3.73. The van der Waals surface area contributed by atoms with Crippen molar-refractivity contribution in [1.82, 2.24) is 0 Å². The van der Waals surface area contributed by atoms with Gasteiger partial charge < -0.3 is 14.9 Å². The first-order valence-electron chi connectivity index (χ1n) is 8.28. The second kappa shape index (κ2) is 6.93. The molecule has 6 nitrogen and oxygen atoms in total. The van der Waals surface area contributed by atoms with Gasteiger partial charge in [-0.2, -0.15) is 0 Å². The third-order valence-corrected chi connectivity index (χ3v) is 4.87. The van der Waals surface area contributed by atoms with Crippen LogP contribution in [0.4, 0.5) is 17.1 Å². The number of hydrogen-bond acceptors (Lipinski definition) is 5. The molecule has 1 heterocycles. The molecule has 0 aromatic heterocycles. The summed E-state index contributed by atoms with van der Waals surface area (Å²) in [4.78, 5) is 26.5. The van der Waals surface area contributed by atoms with Crippen molar-refractivity contribution in [3.63, 3.8) is 0 Å². The summed E-state index contributed by atoms with van der Waals surface area (Å²) in [5.41, 5.74) is 4.56. The van der Waals surface area contributed by atoms with Crippen LogP contribution < -0.4 is 9.80 Å². The lowest BCUT2D eigenvalue weighted by Crippen LogP contribution is -2.46. The van der Waals surface area contributed by atoms with E-state index < -0.39 is 5.97 Å². The number of carboxylic acid groups (broad SMARTS) is 1. The van der Waals surface area contributed by atoms with Crippen molar-refractivity contribution in [3.05, 3.63) is 58.0 Å². The lowest BCUT2D eigenvalue weighted by atomic mass is 10.1. The fraction of sp³-hybridized carbons (Fsp3) is 0.316. The molecule has 0 amide bonds. The van der Waals surface area contributed by atoms with Gasteiger partial charge in [-0.15, -0.1) is 4.91 Å². The molecule has 0 saturated carbocycles. The van der Waals surface area contributed by atoms with Gasteiger partial charge in [-0.05, 0) is 54.4 Å². The Morgan fingerprint density at radius 1 is 1.04 bits per heavy atom. The van der Waals surface area contributed by atoms with Crippen LogP contribution in [0.3, 0.4) is 0 Å². The molecule has 0 aliphatic carbocycles. The van der Waals surface area contributed by atoms with Gasteiger partial charge in [0.2, 0.25) is 0 Å². The van der Waals surface area contributed by atoms with E-state index in [4.69, 9.17) is 0 Å². The molecule has 2 aromatic carbocycles. The highest BCUT2D eigenvalue weighted by Crippen LogP contribution is 2.28. The number of aromatic carboxylic acids is 1. The van der Waals surface area contributed by atoms with Crippen molar-refractivity contribution in [2.24, 2.45) is 5.18 Å². The summed E-state index contributed by atoms with van der Waals surface area (Å²) >= 11 is 0. The van der Waals surface area contributed by atoms with Gasteiger partial charge in [-0.3, -0.25) is 0 Å². The maximum absolute atomic E-state index is 11.3. The zero-order chi connectivity index (χ0) is 18.0. The van der Waals surface area contributed by atoms with E-state index in [1.165, 1.54) is 28.9 Å². The fourth-order valence-electron chi connectivity index (χ4n) is 3.26. The largest absolute Gasteiger partial charge is 0.478 e. The summed E-state index contributed by atoms with van der Waals surface area (Å²) in [7, 11) is 0. The maximum atomic E-state index is 11.3. The SMILES string of the molecule is Cc1cccc(N2CCN(c3ccc(N=O)c(C(=O)O)c3)CC2)c1C. The van der Waals surface area contributed by atoms with E-state index in [1.807, 2.05) is 0 Å². The zero-order valence-corrected chi connectivity index (χ0v) is 14.4. The Kier molecular flexibility index (Phi) is 4.70. The third kappa shape index (κ3) is 3.33. The van der Waals surface area contributed by atoms with Crippen LogP contribution in [-0.4, -0.2) is 37.3 Å². The minimum Gasteiger partial charge on any atom is -0.478 e. The number of aryl methyl sites for hydroxylation is 1. The molecule has 1 aliphatic heterocycles. The number of benzene rings is 2. The van der Waals surface area contributed by atoms with Gasteiger partial charge >= 0.3 is 5.97 Å². The minimum absolute atomic E-state index is 0.0368. The molecule has 0 radical (unpaired) electrons. The van der Waals surface area contributed by atoms with Crippen molar-refractivity contribution < 1.29 is 9.90 Å². The first-order valence-corrected chi connectivity index (χ1v) is 8.28. The standard InChI is InChI=1S/C19H21N3O3/c1-13-4-3-5-18(14(13)2)22-10-8-21(9-11-22)15-6-7-17(20-25)16(12-15)19(23)24/h3-7,12H,8-11H2,1-2H3,(H,23,24). The number of nitroso groups, excluding NO2 is 1. The molecular formula is C19H21N3O3. The van der Waals surface area contributed by atoms with Crippen LogP contribution in [0.1, 0.15) is 21.5 Å². The zero-order valence-electron chi connectivity index (χ0n) is 14.4. The highest BCUT2D eigenvalue weighted by Gasteiger charge is 2.21. The first kappa shape index (κ1) is 17.0. The summed E-state index contributed by atoms with van der Waals surface area (Å²) < 4.78 is 0. The first-order chi connectivity index (χ1) is 12.0. The molecule has 3 rings (SSSR count). The topological polar surface area (TPSA) is 73.2 Å². The van der Waals surface area contributed by atoms with Crippen molar-refractivity contribution in [1.29, 1.82) is 0 Å². The molecule has 1 aliphatic rings. The molecule has 0 unspecified atom stereocenters. The molecule has 1 fully saturated rings. The number of piperazine rings is 1. The Morgan fingerprint density at radius 3 is 2.36 bits per heavy atom. The van der Waals surface area contributed by atoms with Crippen LogP contribution >= 0.6 is 0 Å². The highest BCUT2D eigenvalue weighted by atomic mass is 16.4. The van der Waals surface area contributed by atoms with E-state index in [2.05, 4.69) is 47.0 Å². The van der Waals surface area contributed by atoms with E-state index in [9.17, 15) is 14.8 Å². The molecule has 0 bridgehead atoms. The molecule has 25 heavy (non-hydrogen) atoms. The number of carboxylic acids is 1. The lowest BCUT2D eigenvalue weighted by molar-refractivity contribution is 0.0698. The number of nitrogens with zero attached hydrogens (tertiary/aromatic N) is 3. The molecule has 0 atom stereocenters. The van der Waals surface area contributed by atoms with E-state index in [1.54, 1.807) is 6.07 Å². The van der Waals surface area contributed by atoms with Crippen LogP contribution in [0.2, 0.25) is 0 Å². The van der Waals surface area contributed by atoms with Gasteiger partial charge in [-0.1, -0.05) is 12.1 Å². The smallest absolute Gasteiger partial charge is 0.338 e. The Balaban J connectivity index is 1.76. The number of anilines is 2. The van der Waals surface area contributed by atoms with Crippen molar-refractivity contribution >= 4 is 23.0 Å². The van der Waals surface area contributed by atoms with E-state index in [0.29, 0.717) is 0 Å². The van der Waals surface area contributed by atoms with E-state index >= 15 is 0 Å². The van der Waals surface area contributed by atoms with Crippen LogP contribution in [0.25, 0.3) is 0 Å². The number of rotatable bonds is 4. The van der Waals surface area contributed by atoms with Crippen LogP contribution in [0.5, 0.6) is 0 Å². The molecule has 6 heteroatoms. The molecule has 2 aromatic rings. The third-order valence-electron chi connectivity index (χ3n) is 4.87. The average molecular weight is 339 g/mol. The lowest BCUT2D eigenvalue weighted by Gasteiger charge is -2.38. The Bertz CT molecular complexity index is 812. The van der Waals surface area contributed by atoms with Gasteiger partial charge in [-0.25, -0.2) is 4.79 Å². The number of hydrogen-bond donors (Lipinski definition) is 1. The van der Waals surface area contributed by atoms with Crippen molar-refractivity contribution in [3.8, 4) is 0 Å². The molecule has 1 N–H and O–H groups in total. The summed E-state index contributed by atoms with van der Waals surface area (Å²) in [6, 6.07) is 11.1. The van der Waals surface area contributed by atoms with Crippen molar-refractivity contribution in [2.75, 3.05) is 36.0 Å². The number of carbonyl (C=O) groups is 1. The minimum atomic E-state index is -1.13. The molecule has 0 spiro atoms. The van der Waals surface area contributed by atoms with Crippen LogP contribution in [0, 0.1) is 18.8 Å². The van der Waals surface area contributed by atoms with E-state index in [-0.39, 0.29) is 11.3 Å². The molecule has 130 valence electrons. The summed E-state index contributed by atoms with van der Waals surface area (Å²) in [5, 5.41) is 12.0. The maximum Gasteiger partial charge on any atom is 0.338 e.